The molecule has 0 spiro atoms. The number of hydrogen-bond acceptors (Lipinski definition) is 3. The van der Waals surface area contributed by atoms with Crippen LogP contribution in [-0.2, 0) is 16.9 Å². The number of aromatic nitrogens is 1. The third-order valence-electron chi connectivity index (χ3n) is 1.39. The minimum absolute atomic E-state index is 0.0938. The second-order valence-corrected chi connectivity index (χ2v) is 3.19. The van der Waals surface area contributed by atoms with Gasteiger partial charge in [0.25, 0.3) is 0 Å². The standard InChI is InChI=1S/C8H10FNO3/c1-8(2,9)7-10-5(4-13-7)3-6(11)12/h4H,3H2,1-2H3,(H,11,12). The van der Waals surface area contributed by atoms with Crippen LogP contribution in [0.2, 0.25) is 0 Å². The Morgan fingerprint density at radius 1 is 1.77 bits per heavy atom. The minimum atomic E-state index is -1.67. The summed E-state index contributed by atoms with van der Waals surface area (Å²) in [5.41, 5.74) is -1.44. The minimum Gasteiger partial charge on any atom is -0.481 e. The molecule has 0 fully saturated rings. The van der Waals surface area contributed by atoms with E-state index >= 15 is 0 Å². The first kappa shape index (κ1) is 9.70. The number of nitrogens with zero attached hydrogens (tertiary/aromatic N) is 1. The zero-order chi connectivity index (χ0) is 10.1. The fourth-order valence-corrected chi connectivity index (χ4v) is 0.816. The lowest BCUT2D eigenvalue weighted by atomic mass is 10.2. The second-order valence-electron chi connectivity index (χ2n) is 3.19. The third-order valence-corrected chi connectivity index (χ3v) is 1.39. The van der Waals surface area contributed by atoms with Crippen LogP contribution in [0, 0.1) is 0 Å². The van der Waals surface area contributed by atoms with Gasteiger partial charge in [-0.15, -0.1) is 0 Å². The molecule has 0 unspecified atom stereocenters. The molecule has 0 aliphatic heterocycles. The molecule has 1 N–H and O–H groups in total. The van der Waals surface area contributed by atoms with Crippen LogP contribution in [0.5, 0.6) is 0 Å². The van der Waals surface area contributed by atoms with Gasteiger partial charge in [-0.1, -0.05) is 0 Å². The van der Waals surface area contributed by atoms with Crippen LogP contribution in [0.3, 0.4) is 0 Å². The number of carbonyl (C=O) groups is 1. The zero-order valence-corrected chi connectivity index (χ0v) is 7.37. The topological polar surface area (TPSA) is 63.3 Å². The van der Waals surface area contributed by atoms with Gasteiger partial charge in [-0.2, -0.15) is 0 Å². The van der Waals surface area contributed by atoms with E-state index in [1.165, 1.54) is 13.8 Å². The fraction of sp³-hybridized carbons (Fsp3) is 0.500. The first-order chi connectivity index (χ1) is 5.89. The zero-order valence-electron chi connectivity index (χ0n) is 7.37. The number of alkyl halides is 1. The molecule has 1 aromatic rings. The highest BCUT2D eigenvalue weighted by atomic mass is 19.1. The van der Waals surface area contributed by atoms with E-state index in [4.69, 9.17) is 9.52 Å². The molecule has 72 valence electrons. The molecule has 4 nitrogen and oxygen atoms in total. The predicted octanol–water partition coefficient (Wildman–Crippen LogP) is 1.51. The van der Waals surface area contributed by atoms with Gasteiger partial charge in [-0.05, 0) is 13.8 Å². The molecule has 0 saturated heterocycles. The molecule has 0 radical (unpaired) electrons. The summed E-state index contributed by atoms with van der Waals surface area (Å²) < 4.78 is 17.9. The van der Waals surface area contributed by atoms with E-state index in [2.05, 4.69) is 4.98 Å². The lowest BCUT2D eigenvalue weighted by Crippen LogP contribution is -2.10. The number of carboxylic acid groups (broad SMARTS) is 1. The molecular formula is C8H10FNO3. The Morgan fingerprint density at radius 3 is 2.77 bits per heavy atom. The first-order valence-electron chi connectivity index (χ1n) is 3.75. The van der Waals surface area contributed by atoms with Gasteiger partial charge in [0.05, 0.1) is 12.1 Å². The highest BCUT2D eigenvalue weighted by Gasteiger charge is 2.25. The van der Waals surface area contributed by atoms with Gasteiger partial charge in [0.15, 0.2) is 5.67 Å². The van der Waals surface area contributed by atoms with Gasteiger partial charge in [0, 0.05) is 0 Å². The van der Waals surface area contributed by atoms with Crippen molar-refractivity contribution in [3.63, 3.8) is 0 Å². The van der Waals surface area contributed by atoms with Gasteiger partial charge in [-0.25, -0.2) is 9.37 Å². The molecule has 0 atom stereocenters. The van der Waals surface area contributed by atoms with Crippen LogP contribution in [-0.4, -0.2) is 16.1 Å². The Labute approximate surface area is 74.4 Å². The maximum atomic E-state index is 13.2. The SMILES string of the molecule is CC(C)(F)c1nc(CC(=O)O)co1. The van der Waals surface area contributed by atoms with Crippen molar-refractivity contribution in [1.29, 1.82) is 0 Å². The van der Waals surface area contributed by atoms with Crippen molar-refractivity contribution in [1.82, 2.24) is 4.98 Å². The average Bonchev–Trinajstić information content (AvgIpc) is 2.32. The van der Waals surface area contributed by atoms with E-state index in [0.29, 0.717) is 0 Å². The smallest absolute Gasteiger partial charge is 0.309 e. The summed E-state index contributed by atoms with van der Waals surface area (Å²) in [5, 5.41) is 8.40. The first-order valence-corrected chi connectivity index (χ1v) is 3.75. The normalized spacial score (nSPS) is 11.6. The van der Waals surface area contributed by atoms with Crippen molar-refractivity contribution >= 4 is 5.97 Å². The number of oxazole rings is 1. The van der Waals surface area contributed by atoms with E-state index in [1.54, 1.807) is 0 Å². The number of aliphatic carboxylic acids is 1. The number of carboxylic acids is 1. The molecule has 13 heavy (non-hydrogen) atoms. The maximum Gasteiger partial charge on any atom is 0.309 e. The molecule has 0 bridgehead atoms. The fourth-order valence-electron chi connectivity index (χ4n) is 0.816. The highest BCUT2D eigenvalue weighted by Crippen LogP contribution is 2.23. The Hall–Kier alpha value is -1.39. The number of halogens is 1. The maximum absolute atomic E-state index is 13.2. The average molecular weight is 187 g/mol. The van der Waals surface area contributed by atoms with Crippen LogP contribution in [0.4, 0.5) is 4.39 Å². The van der Waals surface area contributed by atoms with Gasteiger partial charge >= 0.3 is 5.97 Å². The van der Waals surface area contributed by atoms with E-state index in [0.717, 1.165) is 6.26 Å². The van der Waals surface area contributed by atoms with Crippen LogP contribution >= 0.6 is 0 Å². The highest BCUT2D eigenvalue weighted by molar-refractivity contribution is 5.69. The van der Waals surface area contributed by atoms with Crippen molar-refractivity contribution < 1.29 is 18.7 Å². The molecule has 1 rings (SSSR count). The molecule has 1 heterocycles. The summed E-state index contributed by atoms with van der Waals surface area (Å²) in [5.74, 6) is -1.11. The van der Waals surface area contributed by atoms with Gasteiger partial charge < -0.3 is 9.52 Å². The van der Waals surface area contributed by atoms with E-state index in [1.807, 2.05) is 0 Å². The lowest BCUT2D eigenvalue weighted by molar-refractivity contribution is -0.136. The van der Waals surface area contributed by atoms with Crippen LogP contribution in [0.25, 0.3) is 0 Å². The number of rotatable bonds is 3. The van der Waals surface area contributed by atoms with E-state index < -0.39 is 11.6 Å². The van der Waals surface area contributed by atoms with Gasteiger partial charge in [0.1, 0.15) is 6.26 Å². The molecule has 0 saturated carbocycles. The number of hydrogen-bond donors (Lipinski definition) is 1. The van der Waals surface area contributed by atoms with Crippen LogP contribution in [0.15, 0.2) is 10.7 Å². The lowest BCUT2D eigenvalue weighted by Gasteiger charge is -2.06. The van der Waals surface area contributed by atoms with Crippen molar-refractivity contribution in [3.05, 3.63) is 17.8 Å². The third kappa shape index (κ3) is 2.54. The van der Waals surface area contributed by atoms with Crippen molar-refractivity contribution in [3.8, 4) is 0 Å². The largest absolute Gasteiger partial charge is 0.481 e. The van der Waals surface area contributed by atoms with E-state index in [-0.39, 0.29) is 18.0 Å². The monoisotopic (exact) mass is 187 g/mol. The molecule has 0 aliphatic carbocycles. The summed E-state index contributed by atoms with van der Waals surface area (Å²) >= 11 is 0. The quantitative estimate of drug-likeness (QED) is 0.778. The Morgan fingerprint density at radius 2 is 2.38 bits per heavy atom. The summed E-state index contributed by atoms with van der Waals surface area (Å²) in [6, 6.07) is 0. The van der Waals surface area contributed by atoms with Crippen LogP contribution < -0.4 is 0 Å². The summed E-state index contributed by atoms with van der Waals surface area (Å²) in [4.78, 5) is 14.0. The van der Waals surface area contributed by atoms with Crippen LogP contribution in [0.1, 0.15) is 25.4 Å². The summed E-state index contributed by atoms with van der Waals surface area (Å²) in [6.45, 7) is 2.59. The molecule has 5 heteroatoms. The summed E-state index contributed by atoms with van der Waals surface area (Å²) in [6.07, 6.45) is 0.907. The molecular weight excluding hydrogens is 177 g/mol. The Bertz CT molecular complexity index is 313. The van der Waals surface area contributed by atoms with Crippen molar-refractivity contribution in [2.45, 2.75) is 25.9 Å². The molecule has 0 amide bonds. The molecule has 1 aromatic heterocycles. The van der Waals surface area contributed by atoms with Crippen molar-refractivity contribution in [2.24, 2.45) is 0 Å². The summed E-state index contributed by atoms with van der Waals surface area (Å²) in [7, 11) is 0. The predicted molar refractivity (Wildman–Crippen MR) is 42.0 cm³/mol. The Balaban J connectivity index is 2.81. The van der Waals surface area contributed by atoms with Gasteiger partial charge in [-0.3, -0.25) is 4.79 Å². The second kappa shape index (κ2) is 3.16. The van der Waals surface area contributed by atoms with Crippen molar-refractivity contribution in [2.75, 3.05) is 0 Å². The molecule has 0 aliphatic rings. The Kier molecular flexibility index (Phi) is 2.36. The van der Waals surface area contributed by atoms with Gasteiger partial charge in [0.2, 0.25) is 5.89 Å². The van der Waals surface area contributed by atoms with E-state index in [9.17, 15) is 9.18 Å². The molecule has 0 aromatic carbocycles.